The van der Waals surface area contributed by atoms with Crippen LogP contribution in [0.3, 0.4) is 0 Å². The molecule has 0 aromatic carbocycles. The molecule has 1 fully saturated rings. The number of anilines is 1. The van der Waals surface area contributed by atoms with Gasteiger partial charge in [-0.25, -0.2) is 0 Å². The Kier molecular flexibility index (Phi) is 2.17. The normalized spacial score (nSPS) is 18.2. The van der Waals surface area contributed by atoms with Crippen molar-refractivity contribution in [3.8, 4) is 0 Å². The molecule has 1 aliphatic heterocycles. The van der Waals surface area contributed by atoms with Crippen molar-refractivity contribution in [2.45, 2.75) is 18.9 Å². The summed E-state index contributed by atoms with van der Waals surface area (Å²) in [5.74, 6) is 0.853. The molecule has 2 aromatic rings. The molecule has 16 heavy (non-hydrogen) atoms. The molecule has 1 saturated heterocycles. The maximum Gasteiger partial charge on any atom is 0.200 e. The molecule has 0 aliphatic carbocycles. The molecule has 1 aliphatic rings. The van der Waals surface area contributed by atoms with Crippen molar-refractivity contribution < 1.29 is 5.11 Å². The van der Waals surface area contributed by atoms with Crippen LogP contribution in [0.25, 0.3) is 5.65 Å². The maximum atomic E-state index is 9.43. The van der Waals surface area contributed by atoms with Crippen LogP contribution in [-0.4, -0.2) is 49.6 Å². The molecular weight excluding hydrogens is 208 g/mol. The second-order valence-electron chi connectivity index (χ2n) is 3.94. The van der Waals surface area contributed by atoms with Crippen LogP contribution in [0.1, 0.15) is 12.8 Å². The average Bonchev–Trinajstić information content (AvgIpc) is 2.77. The Morgan fingerprint density at radius 2 is 2.06 bits per heavy atom. The van der Waals surface area contributed by atoms with Crippen LogP contribution >= 0.6 is 0 Å². The number of rotatable bonds is 1. The van der Waals surface area contributed by atoms with E-state index in [1.807, 2.05) is 12.1 Å². The Labute approximate surface area is 91.7 Å². The van der Waals surface area contributed by atoms with Crippen LogP contribution in [0.15, 0.2) is 12.1 Å². The first-order chi connectivity index (χ1) is 7.83. The van der Waals surface area contributed by atoms with Gasteiger partial charge in [0.25, 0.3) is 0 Å². The highest BCUT2D eigenvalue weighted by atomic mass is 16.3. The van der Waals surface area contributed by atoms with Gasteiger partial charge in [0.05, 0.1) is 6.10 Å². The summed E-state index contributed by atoms with van der Waals surface area (Å²) in [6.45, 7) is 1.64. The molecule has 1 N–H and O–H groups in total. The quantitative estimate of drug-likeness (QED) is 0.696. The summed E-state index contributed by atoms with van der Waals surface area (Å²) in [6.07, 6.45) is 1.40. The van der Waals surface area contributed by atoms with Gasteiger partial charge in [-0.2, -0.15) is 0 Å². The minimum Gasteiger partial charge on any atom is -0.393 e. The Bertz CT molecular complexity index is 489. The smallest absolute Gasteiger partial charge is 0.200 e. The highest BCUT2D eigenvalue weighted by molar-refractivity contribution is 5.44. The second kappa shape index (κ2) is 3.67. The molecule has 7 heteroatoms. The number of aliphatic hydroxyl groups excluding tert-OH is 1. The number of hydrogen-bond acceptors (Lipinski definition) is 6. The van der Waals surface area contributed by atoms with Gasteiger partial charge in [0, 0.05) is 13.1 Å². The van der Waals surface area contributed by atoms with Gasteiger partial charge in [0.2, 0.25) is 0 Å². The van der Waals surface area contributed by atoms with E-state index in [1.165, 1.54) is 4.63 Å². The zero-order chi connectivity index (χ0) is 11.0. The molecule has 84 valence electrons. The second-order valence-corrected chi connectivity index (χ2v) is 3.94. The third-order valence-electron chi connectivity index (χ3n) is 2.84. The fraction of sp³-hybridized carbons (Fsp3) is 0.556. The number of piperidine rings is 1. The van der Waals surface area contributed by atoms with Crippen molar-refractivity contribution in [3.63, 3.8) is 0 Å². The lowest BCUT2D eigenvalue weighted by Crippen LogP contribution is -2.36. The summed E-state index contributed by atoms with van der Waals surface area (Å²) in [5, 5.41) is 24.8. The minimum absolute atomic E-state index is 0.173. The lowest BCUT2D eigenvalue weighted by Gasteiger charge is -2.30. The van der Waals surface area contributed by atoms with Crippen LogP contribution in [0, 0.1) is 0 Å². The molecule has 7 nitrogen and oxygen atoms in total. The van der Waals surface area contributed by atoms with Crippen LogP contribution in [0.4, 0.5) is 5.82 Å². The summed E-state index contributed by atoms with van der Waals surface area (Å²) in [6, 6.07) is 3.75. The minimum atomic E-state index is -0.173. The van der Waals surface area contributed by atoms with Crippen molar-refractivity contribution >= 4 is 11.5 Å². The summed E-state index contributed by atoms with van der Waals surface area (Å²) in [7, 11) is 0. The Morgan fingerprint density at radius 1 is 1.25 bits per heavy atom. The molecule has 0 amide bonds. The molecule has 0 radical (unpaired) electrons. The summed E-state index contributed by atoms with van der Waals surface area (Å²) < 4.78 is 1.42. The van der Waals surface area contributed by atoms with E-state index in [-0.39, 0.29) is 6.10 Å². The van der Waals surface area contributed by atoms with Crippen molar-refractivity contribution in [1.82, 2.24) is 25.3 Å². The van der Waals surface area contributed by atoms with Gasteiger partial charge >= 0.3 is 0 Å². The van der Waals surface area contributed by atoms with Crippen LogP contribution < -0.4 is 4.90 Å². The monoisotopic (exact) mass is 220 g/mol. The van der Waals surface area contributed by atoms with E-state index in [0.717, 1.165) is 31.7 Å². The number of hydrogen-bond donors (Lipinski definition) is 1. The van der Waals surface area contributed by atoms with Gasteiger partial charge in [0.1, 0.15) is 0 Å². The number of aromatic nitrogens is 5. The average molecular weight is 220 g/mol. The van der Waals surface area contributed by atoms with Crippen molar-refractivity contribution in [2.75, 3.05) is 18.0 Å². The molecule has 3 heterocycles. The SMILES string of the molecule is OC1CCN(c2ccc3nnnn3n2)CC1. The van der Waals surface area contributed by atoms with E-state index in [1.54, 1.807) is 0 Å². The molecule has 3 rings (SSSR count). The molecular formula is C9H12N6O. The van der Waals surface area contributed by atoms with E-state index in [4.69, 9.17) is 0 Å². The summed E-state index contributed by atoms with van der Waals surface area (Å²) >= 11 is 0. The molecule has 0 spiro atoms. The van der Waals surface area contributed by atoms with Crippen LogP contribution in [-0.2, 0) is 0 Å². The topological polar surface area (TPSA) is 79.4 Å². The van der Waals surface area contributed by atoms with E-state index in [2.05, 4.69) is 25.5 Å². The number of nitrogens with zero attached hydrogens (tertiary/aromatic N) is 6. The Balaban J connectivity index is 1.87. The van der Waals surface area contributed by atoms with E-state index in [9.17, 15) is 5.11 Å². The molecule has 0 bridgehead atoms. The largest absolute Gasteiger partial charge is 0.393 e. The standard InChI is InChI=1S/C9H12N6O/c16-7-3-5-14(6-4-7)9-2-1-8-10-12-13-15(8)11-9/h1-2,7,16H,3-6H2. The first kappa shape index (κ1) is 9.46. The zero-order valence-corrected chi connectivity index (χ0v) is 8.69. The van der Waals surface area contributed by atoms with Gasteiger partial charge in [-0.1, -0.05) is 0 Å². The van der Waals surface area contributed by atoms with Gasteiger partial charge in [-0.3, -0.25) is 0 Å². The first-order valence-electron chi connectivity index (χ1n) is 5.31. The molecule has 0 atom stereocenters. The fourth-order valence-electron chi connectivity index (χ4n) is 1.90. The third-order valence-corrected chi connectivity index (χ3v) is 2.84. The van der Waals surface area contributed by atoms with Crippen molar-refractivity contribution in [1.29, 1.82) is 0 Å². The lowest BCUT2D eigenvalue weighted by molar-refractivity contribution is 0.145. The van der Waals surface area contributed by atoms with Gasteiger partial charge < -0.3 is 10.0 Å². The third kappa shape index (κ3) is 1.58. The summed E-state index contributed by atoms with van der Waals surface area (Å²) in [5.41, 5.74) is 0.640. The highest BCUT2D eigenvalue weighted by Crippen LogP contribution is 2.17. The van der Waals surface area contributed by atoms with Crippen LogP contribution in [0.5, 0.6) is 0 Å². The van der Waals surface area contributed by atoms with Crippen molar-refractivity contribution in [2.24, 2.45) is 0 Å². The van der Waals surface area contributed by atoms with Crippen LogP contribution in [0.2, 0.25) is 0 Å². The number of tetrazole rings is 1. The summed E-state index contributed by atoms with van der Waals surface area (Å²) in [4.78, 5) is 2.13. The van der Waals surface area contributed by atoms with Gasteiger partial charge in [0.15, 0.2) is 11.5 Å². The maximum absolute atomic E-state index is 9.43. The van der Waals surface area contributed by atoms with E-state index >= 15 is 0 Å². The lowest BCUT2D eigenvalue weighted by atomic mass is 10.1. The Hall–Kier alpha value is -1.76. The van der Waals surface area contributed by atoms with Crippen molar-refractivity contribution in [3.05, 3.63) is 12.1 Å². The zero-order valence-electron chi connectivity index (χ0n) is 8.69. The fourth-order valence-corrected chi connectivity index (χ4v) is 1.90. The molecule has 0 unspecified atom stereocenters. The Morgan fingerprint density at radius 3 is 2.88 bits per heavy atom. The first-order valence-corrected chi connectivity index (χ1v) is 5.31. The highest BCUT2D eigenvalue weighted by Gasteiger charge is 2.18. The van der Waals surface area contributed by atoms with E-state index < -0.39 is 0 Å². The van der Waals surface area contributed by atoms with E-state index in [0.29, 0.717) is 5.65 Å². The number of fused-ring (bicyclic) bond motifs is 1. The molecule has 2 aromatic heterocycles. The predicted octanol–water partition coefficient (Wildman–Crippen LogP) is -0.520. The van der Waals surface area contributed by atoms with Gasteiger partial charge in [-0.05, 0) is 35.4 Å². The van der Waals surface area contributed by atoms with Gasteiger partial charge in [-0.15, -0.1) is 14.8 Å². The number of aliphatic hydroxyl groups is 1. The predicted molar refractivity (Wildman–Crippen MR) is 56.0 cm³/mol. The molecule has 0 saturated carbocycles.